The van der Waals surface area contributed by atoms with E-state index in [1.165, 1.54) is 12.5 Å². The first-order chi connectivity index (χ1) is 9.58. The van der Waals surface area contributed by atoms with E-state index in [0.717, 1.165) is 24.8 Å². The summed E-state index contributed by atoms with van der Waals surface area (Å²) in [4.78, 5) is 22.7. The molecule has 1 aromatic carbocycles. The van der Waals surface area contributed by atoms with Crippen LogP contribution in [0.2, 0.25) is 0 Å². The predicted octanol–water partition coefficient (Wildman–Crippen LogP) is 0.889. The van der Waals surface area contributed by atoms with Crippen molar-refractivity contribution in [2.45, 2.75) is 32.2 Å². The quantitative estimate of drug-likeness (QED) is 0.698. The summed E-state index contributed by atoms with van der Waals surface area (Å²) in [5.74, 6) is -0.140. The molecule has 1 atom stereocenters. The van der Waals surface area contributed by atoms with Gasteiger partial charge in [0.15, 0.2) is 0 Å². The van der Waals surface area contributed by atoms with E-state index in [9.17, 15) is 9.59 Å². The van der Waals surface area contributed by atoms with E-state index in [1.807, 2.05) is 18.2 Å². The van der Waals surface area contributed by atoms with Crippen molar-refractivity contribution in [1.82, 2.24) is 10.6 Å². The molecule has 1 aliphatic rings. The summed E-state index contributed by atoms with van der Waals surface area (Å²) in [6.45, 7) is 2.60. The molecule has 5 heteroatoms. The zero-order valence-electron chi connectivity index (χ0n) is 11.7. The Bertz CT molecular complexity index is 514. The third-order valence-electron chi connectivity index (χ3n) is 3.55. The van der Waals surface area contributed by atoms with Crippen LogP contribution in [0, 0.1) is 0 Å². The maximum atomic E-state index is 12.0. The van der Waals surface area contributed by atoms with Gasteiger partial charge in [0.1, 0.15) is 0 Å². The topological polar surface area (TPSA) is 84.2 Å². The first kappa shape index (κ1) is 14.5. The Hall–Kier alpha value is -1.88. The lowest BCUT2D eigenvalue weighted by atomic mass is 10.0. The van der Waals surface area contributed by atoms with Crippen LogP contribution in [0.3, 0.4) is 0 Å². The second kappa shape index (κ2) is 6.52. The number of carbonyl (C=O) groups is 2. The monoisotopic (exact) mass is 275 g/mol. The van der Waals surface area contributed by atoms with Crippen molar-refractivity contribution < 1.29 is 9.59 Å². The van der Waals surface area contributed by atoms with Gasteiger partial charge in [-0.15, -0.1) is 0 Å². The van der Waals surface area contributed by atoms with Crippen molar-refractivity contribution in [3.8, 4) is 0 Å². The molecule has 5 nitrogen and oxygen atoms in total. The highest BCUT2D eigenvalue weighted by Gasteiger charge is 2.20. The van der Waals surface area contributed by atoms with Gasteiger partial charge < -0.3 is 16.4 Å². The normalized spacial score (nSPS) is 16.6. The summed E-state index contributed by atoms with van der Waals surface area (Å²) in [6, 6.07) is 5.79. The third kappa shape index (κ3) is 3.57. The van der Waals surface area contributed by atoms with Gasteiger partial charge in [0.2, 0.25) is 5.91 Å². The number of benzene rings is 1. The van der Waals surface area contributed by atoms with Gasteiger partial charge >= 0.3 is 0 Å². The largest absolute Gasteiger partial charge is 0.356 e. The van der Waals surface area contributed by atoms with Crippen LogP contribution in [0.1, 0.15) is 47.3 Å². The zero-order valence-corrected chi connectivity index (χ0v) is 11.7. The number of hydrogen-bond donors (Lipinski definition) is 3. The fourth-order valence-electron chi connectivity index (χ4n) is 2.43. The highest BCUT2D eigenvalue weighted by molar-refractivity contribution is 5.94. The molecular formula is C15H21N3O2. The Morgan fingerprint density at radius 1 is 1.30 bits per heavy atom. The molecule has 1 aliphatic carbocycles. The predicted molar refractivity (Wildman–Crippen MR) is 77.3 cm³/mol. The van der Waals surface area contributed by atoms with Gasteiger partial charge in [0, 0.05) is 31.6 Å². The molecule has 2 amide bonds. The van der Waals surface area contributed by atoms with Crippen LogP contribution in [-0.4, -0.2) is 24.9 Å². The molecule has 0 aromatic heterocycles. The minimum Gasteiger partial charge on any atom is -0.356 e. The fourth-order valence-corrected chi connectivity index (χ4v) is 2.43. The van der Waals surface area contributed by atoms with Crippen molar-refractivity contribution in [3.63, 3.8) is 0 Å². The van der Waals surface area contributed by atoms with E-state index in [0.29, 0.717) is 18.7 Å². The van der Waals surface area contributed by atoms with Crippen LogP contribution >= 0.6 is 0 Å². The number of carbonyl (C=O) groups excluding carboxylic acids is 2. The van der Waals surface area contributed by atoms with E-state index in [4.69, 9.17) is 5.73 Å². The second-order valence-corrected chi connectivity index (χ2v) is 5.15. The summed E-state index contributed by atoms with van der Waals surface area (Å²) >= 11 is 0. The number of nitrogens with one attached hydrogen (secondary N) is 2. The Labute approximate surface area is 118 Å². The number of rotatable bonds is 5. The van der Waals surface area contributed by atoms with E-state index in [-0.39, 0.29) is 17.9 Å². The van der Waals surface area contributed by atoms with Crippen molar-refractivity contribution >= 4 is 11.8 Å². The molecule has 0 heterocycles. The third-order valence-corrected chi connectivity index (χ3v) is 3.55. The Kier molecular flexibility index (Phi) is 4.74. The average molecular weight is 275 g/mol. The first-order valence-corrected chi connectivity index (χ1v) is 6.99. The van der Waals surface area contributed by atoms with Gasteiger partial charge in [-0.1, -0.05) is 6.07 Å². The molecule has 0 saturated heterocycles. The summed E-state index contributed by atoms with van der Waals surface area (Å²) < 4.78 is 0. The number of fused-ring (bicyclic) bond motifs is 1. The number of hydrogen-bond acceptors (Lipinski definition) is 3. The lowest BCUT2D eigenvalue weighted by molar-refractivity contribution is -0.118. The minimum absolute atomic E-state index is 0.0519. The molecule has 0 aliphatic heterocycles. The van der Waals surface area contributed by atoms with Gasteiger partial charge in [-0.3, -0.25) is 9.59 Å². The van der Waals surface area contributed by atoms with Crippen LogP contribution in [-0.2, 0) is 11.2 Å². The lowest BCUT2D eigenvalue weighted by Gasteiger charge is -2.09. The number of aryl methyl sites for hydroxylation is 1. The van der Waals surface area contributed by atoms with Crippen LogP contribution in [0.15, 0.2) is 18.2 Å². The fraction of sp³-hybridized carbons (Fsp3) is 0.467. The van der Waals surface area contributed by atoms with Crippen LogP contribution < -0.4 is 16.4 Å². The standard InChI is InChI=1S/C15H21N3O2/c1-10(19)17-7-2-8-18-15(20)12-4-3-11-5-6-14(16)13(11)9-12/h3-4,9,14H,2,5-8,16H2,1H3,(H,17,19)(H,18,20)/t14-/m1/s1. The van der Waals surface area contributed by atoms with E-state index in [2.05, 4.69) is 10.6 Å². The maximum absolute atomic E-state index is 12.0. The first-order valence-electron chi connectivity index (χ1n) is 6.99. The Balaban J connectivity index is 1.84. The number of nitrogens with two attached hydrogens (primary N) is 1. The molecule has 0 unspecified atom stereocenters. The van der Waals surface area contributed by atoms with E-state index < -0.39 is 0 Å². The molecule has 1 aromatic rings. The van der Waals surface area contributed by atoms with Crippen molar-refractivity contribution in [2.75, 3.05) is 13.1 Å². The SMILES string of the molecule is CC(=O)NCCCNC(=O)c1ccc2c(c1)[C@H](N)CC2. The molecule has 2 rings (SSSR count). The highest BCUT2D eigenvalue weighted by atomic mass is 16.2. The zero-order chi connectivity index (χ0) is 14.5. The second-order valence-electron chi connectivity index (χ2n) is 5.15. The van der Waals surface area contributed by atoms with Crippen molar-refractivity contribution in [2.24, 2.45) is 5.73 Å². The molecule has 4 N–H and O–H groups in total. The van der Waals surface area contributed by atoms with Gasteiger partial charge in [0.05, 0.1) is 0 Å². The Morgan fingerprint density at radius 3 is 2.80 bits per heavy atom. The molecule has 0 radical (unpaired) electrons. The van der Waals surface area contributed by atoms with Gasteiger partial charge in [-0.2, -0.15) is 0 Å². The molecule has 0 spiro atoms. The Morgan fingerprint density at radius 2 is 2.05 bits per heavy atom. The molecule has 0 fully saturated rings. The van der Waals surface area contributed by atoms with E-state index in [1.54, 1.807) is 0 Å². The summed E-state index contributed by atoms with van der Waals surface area (Å²) in [5.41, 5.74) is 9.01. The molecule has 108 valence electrons. The molecule has 0 bridgehead atoms. The summed E-state index contributed by atoms with van der Waals surface area (Å²) in [5, 5.41) is 5.54. The van der Waals surface area contributed by atoms with Gasteiger partial charge in [-0.05, 0) is 42.5 Å². The van der Waals surface area contributed by atoms with Gasteiger partial charge in [0.25, 0.3) is 5.91 Å². The number of amides is 2. The minimum atomic E-state index is -0.0882. The lowest BCUT2D eigenvalue weighted by Crippen LogP contribution is -2.28. The van der Waals surface area contributed by atoms with Gasteiger partial charge in [-0.25, -0.2) is 0 Å². The molecular weight excluding hydrogens is 254 g/mol. The van der Waals surface area contributed by atoms with E-state index >= 15 is 0 Å². The highest BCUT2D eigenvalue weighted by Crippen LogP contribution is 2.29. The van der Waals surface area contributed by atoms with Crippen LogP contribution in [0.4, 0.5) is 0 Å². The van der Waals surface area contributed by atoms with Crippen LogP contribution in [0.5, 0.6) is 0 Å². The smallest absolute Gasteiger partial charge is 0.251 e. The summed E-state index contributed by atoms with van der Waals surface area (Å²) in [6.07, 6.45) is 2.67. The molecule has 20 heavy (non-hydrogen) atoms. The van der Waals surface area contributed by atoms with Crippen molar-refractivity contribution in [3.05, 3.63) is 34.9 Å². The van der Waals surface area contributed by atoms with Crippen LogP contribution in [0.25, 0.3) is 0 Å². The average Bonchev–Trinajstić information content (AvgIpc) is 2.79. The molecule has 0 saturated carbocycles. The maximum Gasteiger partial charge on any atom is 0.251 e. The summed E-state index contributed by atoms with van der Waals surface area (Å²) in [7, 11) is 0. The van der Waals surface area contributed by atoms with Crippen molar-refractivity contribution in [1.29, 1.82) is 0 Å².